The lowest BCUT2D eigenvalue weighted by molar-refractivity contribution is -0.206. The number of aliphatic hydroxyl groups is 2. The fourth-order valence-corrected chi connectivity index (χ4v) is 17.7. The van der Waals surface area contributed by atoms with Crippen LogP contribution in [0.25, 0.3) is 0 Å². The third-order valence-corrected chi connectivity index (χ3v) is 20.9. The standard InChI is InChI=1S/C25H39NO3.C24H37NO4.CH4/c1-23-11-8-18(26-29-3)15-17(23)5-7-22-21(23)9-12-24(2)20(10-13-25(22,24)28)16-4-6-19(27)14-16;1-22-9-6-17(25-28-3)13-16(22)4-5-20-19(22)7-10-23(2)18(8-11-24(20,23)27)15-12-21(26)29-14-15;/h14,17-18,20-22,26,28H,4-13,15H2,1-3H3;12,16-20,25,27H,4-11,13-14H2,1-3H3;1H4/t17-,18+,20-,21?,22?,23+,24-,25+;16-,17-,18-,19?,20?,22+,23-,24+;/m11./s1. The van der Waals surface area contributed by atoms with Crippen molar-refractivity contribution in [1.82, 2.24) is 11.0 Å². The highest BCUT2D eigenvalue weighted by Gasteiger charge is 2.69. The van der Waals surface area contributed by atoms with Crippen molar-refractivity contribution in [3.63, 3.8) is 0 Å². The number of esters is 1. The molecule has 0 spiro atoms. The number of ether oxygens (including phenoxy) is 1. The molecule has 9 aliphatic carbocycles. The second-order valence-corrected chi connectivity index (χ2v) is 22.5. The highest BCUT2D eigenvalue weighted by atomic mass is 16.6. The van der Waals surface area contributed by atoms with Crippen LogP contribution in [0.3, 0.4) is 0 Å². The van der Waals surface area contributed by atoms with Crippen molar-refractivity contribution in [2.75, 3.05) is 20.8 Å². The molecule has 10 rings (SSSR count). The highest BCUT2D eigenvalue weighted by molar-refractivity contribution is 5.93. The largest absolute Gasteiger partial charge is 0.458 e. The Morgan fingerprint density at radius 1 is 0.593 bits per heavy atom. The maximum Gasteiger partial charge on any atom is 0.331 e. The number of hydrogen-bond acceptors (Lipinski definition) is 9. The number of carbonyl (C=O) groups excluding carboxylic acids is 2. The third kappa shape index (κ3) is 6.65. The van der Waals surface area contributed by atoms with Gasteiger partial charge in [-0.15, -0.1) is 0 Å². The molecule has 59 heavy (non-hydrogen) atoms. The molecule has 9 heteroatoms. The number of carbonyl (C=O) groups is 2. The SMILES string of the molecule is C.CON[C@@H]1CC[C@]2(C)C3CC[C@]4(C)[C@@H](C5=CC(=O)OC5)CC[C@]4(O)C3CC[C@@H]2C1.CON[C@H]1CC[C@]2(C)C3CC[C@]4(C)[C@@H](C5=CC(=O)CC5)CC[C@]4(O)C3CC[C@@H]2C1. The molecule has 0 amide bonds. The molecule has 4 unspecified atom stereocenters. The minimum absolute atomic E-state index is 0. The summed E-state index contributed by atoms with van der Waals surface area (Å²) in [5.74, 6) is 4.31. The molecule has 16 atom stereocenters. The van der Waals surface area contributed by atoms with E-state index in [1.165, 1.54) is 69.8 Å². The number of cyclic esters (lactones) is 1. The Morgan fingerprint density at radius 2 is 1.08 bits per heavy atom. The molecule has 0 aromatic rings. The van der Waals surface area contributed by atoms with Crippen molar-refractivity contribution in [3.8, 4) is 0 Å². The Bertz CT molecular complexity index is 1560. The van der Waals surface area contributed by atoms with Crippen LogP contribution in [0.4, 0.5) is 0 Å². The van der Waals surface area contributed by atoms with Crippen LogP contribution in [0.1, 0.15) is 164 Å². The van der Waals surface area contributed by atoms with Gasteiger partial charge in [0.1, 0.15) is 6.61 Å². The van der Waals surface area contributed by atoms with Gasteiger partial charge in [0.25, 0.3) is 0 Å². The first-order valence-electron chi connectivity index (χ1n) is 23.8. The number of fused-ring (bicyclic) bond motifs is 10. The normalized spacial score (nSPS) is 50.9. The lowest BCUT2D eigenvalue weighted by Gasteiger charge is -2.64. The van der Waals surface area contributed by atoms with E-state index in [4.69, 9.17) is 14.4 Å². The minimum Gasteiger partial charge on any atom is -0.458 e. The van der Waals surface area contributed by atoms with Crippen molar-refractivity contribution >= 4 is 11.8 Å². The summed E-state index contributed by atoms with van der Waals surface area (Å²) in [5.41, 5.74) is 8.22. The second-order valence-electron chi connectivity index (χ2n) is 22.5. The predicted octanol–water partition coefficient (Wildman–Crippen LogP) is 8.97. The summed E-state index contributed by atoms with van der Waals surface area (Å²) in [5, 5.41) is 24.5. The van der Waals surface area contributed by atoms with Gasteiger partial charge >= 0.3 is 5.97 Å². The summed E-state index contributed by atoms with van der Waals surface area (Å²) in [6.07, 6.45) is 25.7. The summed E-state index contributed by atoms with van der Waals surface area (Å²) in [6.45, 7) is 10.1. The number of nitrogens with one attached hydrogen (secondary N) is 2. The topological polar surface area (TPSA) is 126 Å². The van der Waals surface area contributed by atoms with Crippen LogP contribution in [0, 0.1) is 69.0 Å². The third-order valence-electron chi connectivity index (χ3n) is 20.9. The van der Waals surface area contributed by atoms with Gasteiger partial charge in [-0.25, -0.2) is 4.79 Å². The van der Waals surface area contributed by atoms with Gasteiger partial charge in [0.2, 0.25) is 0 Å². The zero-order valence-electron chi connectivity index (χ0n) is 36.7. The monoisotopic (exact) mass is 821 g/mol. The summed E-state index contributed by atoms with van der Waals surface area (Å²) < 4.78 is 5.23. The summed E-state index contributed by atoms with van der Waals surface area (Å²) in [7, 11) is 3.45. The summed E-state index contributed by atoms with van der Waals surface area (Å²) >= 11 is 0. The Hall–Kier alpha value is -1.62. The van der Waals surface area contributed by atoms with Crippen LogP contribution in [0.2, 0.25) is 0 Å². The predicted molar refractivity (Wildman–Crippen MR) is 229 cm³/mol. The molecule has 10 aliphatic rings. The maximum atomic E-state index is 12.3. The average molecular weight is 821 g/mol. The zero-order valence-corrected chi connectivity index (χ0v) is 36.7. The van der Waals surface area contributed by atoms with E-state index >= 15 is 0 Å². The molecular weight excluding hydrogens is 741 g/mol. The van der Waals surface area contributed by atoms with Gasteiger partial charge in [0.05, 0.1) is 25.4 Å². The lowest BCUT2D eigenvalue weighted by atomic mass is 9.43. The Labute approximate surface area is 355 Å². The van der Waals surface area contributed by atoms with Gasteiger partial charge in [-0.1, -0.05) is 40.7 Å². The molecule has 0 aromatic heterocycles. The molecule has 332 valence electrons. The quantitative estimate of drug-likeness (QED) is 0.154. The van der Waals surface area contributed by atoms with Crippen LogP contribution in [0.15, 0.2) is 23.3 Å². The van der Waals surface area contributed by atoms with Gasteiger partial charge < -0.3 is 24.6 Å². The molecule has 4 N–H and O–H groups in total. The van der Waals surface area contributed by atoms with Gasteiger partial charge in [0.15, 0.2) is 5.78 Å². The molecule has 8 fully saturated rings. The van der Waals surface area contributed by atoms with Crippen molar-refractivity contribution in [1.29, 1.82) is 0 Å². The molecule has 1 aliphatic heterocycles. The first-order chi connectivity index (χ1) is 27.6. The fourth-order valence-electron chi connectivity index (χ4n) is 17.7. The van der Waals surface area contributed by atoms with Crippen LogP contribution >= 0.6 is 0 Å². The van der Waals surface area contributed by atoms with Crippen molar-refractivity contribution in [2.45, 2.75) is 187 Å². The zero-order chi connectivity index (χ0) is 40.9. The number of ketones is 1. The molecule has 9 nitrogen and oxygen atoms in total. The molecule has 1 heterocycles. The van der Waals surface area contributed by atoms with Gasteiger partial charge in [-0.2, -0.15) is 11.0 Å². The van der Waals surface area contributed by atoms with E-state index in [9.17, 15) is 19.8 Å². The van der Waals surface area contributed by atoms with Gasteiger partial charge in [-0.3, -0.25) is 4.79 Å². The number of hydrogen-bond donors (Lipinski definition) is 4. The minimum atomic E-state index is -0.608. The lowest BCUT2D eigenvalue weighted by Crippen LogP contribution is -2.62. The van der Waals surface area contributed by atoms with Crippen molar-refractivity contribution in [2.24, 2.45) is 69.0 Å². The first-order valence-corrected chi connectivity index (χ1v) is 23.8. The Balaban J connectivity index is 0.000000161. The van der Waals surface area contributed by atoms with Crippen LogP contribution in [0.5, 0.6) is 0 Å². The van der Waals surface area contributed by atoms with E-state index < -0.39 is 11.2 Å². The molecule has 8 saturated carbocycles. The smallest absolute Gasteiger partial charge is 0.331 e. The molecule has 0 bridgehead atoms. The number of rotatable bonds is 6. The molecular formula is C50H80N2O7. The highest BCUT2D eigenvalue weighted by Crippen LogP contribution is 2.72. The van der Waals surface area contributed by atoms with E-state index in [1.807, 2.05) is 6.08 Å². The van der Waals surface area contributed by atoms with Crippen molar-refractivity contribution in [3.05, 3.63) is 23.3 Å². The Morgan fingerprint density at radius 3 is 1.51 bits per heavy atom. The Kier molecular flexibility index (Phi) is 11.8. The van der Waals surface area contributed by atoms with Gasteiger partial charge in [0, 0.05) is 35.4 Å². The second kappa shape index (κ2) is 15.9. The van der Waals surface area contributed by atoms with E-state index in [2.05, 4.69) is 38.7 Å². The summed E-state index contributed by atoms with van der Waals surface area (Å²) in [4.78, 5) is 34.0. The van der Waals surface area contributed by atoms with E-state index in [0.717, 1.165) is 75.2 Å². The van der Waals surface area contributed by atoms with Crippen LogP contribution in [-0.4, -0.2) is 66.1 Å². The molecule has 0 aromatic carbocycles. The molecule has 0 saturated heterocycles. The summed E-state index contributed by atoms with van der Waals surface area (Å²) in [6, 6.07) is 0.948. The first kappa shape index (κ1) is 44.0. The van der Waals surface area contributed by atoms with E-state index in [-0.39, 0.29) is 30.1 Å². The van der Waals surface area contributed by atoms with Crippen LogP contribution < -0.4 is 11.0 Å². The van der Waals surface area contributed by atoms with E-state index in [0.29, 0.717) is 71.3 Å². The number of hydroxylamine groups is 2. The molecule has 0 radical (unpaired) electrons. The average Bonchev–Trinajstić information content (AvgIpc) is 3.95. The number of allylic oxidation sites excluding steroid dienone is 2. The van der Waals surface area contributed by atoms with Crippen LogP contribution in [-0.2, 0) is 24.0 Å². The van der Waals surface area contributed by atoms with Crippen molar-refractivity contribution < 1.29 is 34.2 Å². The van der Waals surface area contributed by atoms with Gasteiger partial charge in [-0.05, 0) is 192 Å². The maximum absolute atomic E-state index is 12.3. The fraction of sp³-hybridized carbons (Fsp3) is 0.880. The van der Waals surface area contributed by atoms with E-state index in [1.54, 1.807) is 20.3 Å².